The molecule has 0 amide bonds. The molecule has 0 saturated carbocycles. The number of nitrogens with two attached hydrogens (primary N) is 1. The van der Waals surface area contributed by atoms with Gasteiger partial charge in [-0.3, -0.25) is 5.10 Å². The van der Waals surface area contributed by atoms with Crippen LogP contribution < -0.4 is 5.73 Å². The molecule has 5 rings (SSSR count). The summed E-state index contributed by atoms with van der Waals surface area (Å²) in [6, 6.07) is 30.2. The van der Waals surface area contributed by atoms with Crippen LogP contribution in [0.4, 0.5) is 5.82 Å². The minimum absolute atomic E-state index is 0.350. The Balaban J connectivity index is 1.36. The van der Waals surface area contributed by atoms with Crippen LogP contribution >= 0.6 is 0 Å². The highest BCUT2D eigenvalue weighted by atomic mass is 16.6. The molecule has 7 heteroatoms. The fraction of sp³-hybridized carbons (Fsp3) is 0.276. The van der Waals surface area contributed by atoms with Crippen LogP contribution in [-0.2, 0) is 38.8 Å². The minimum atomic E-state index is -0.446. The lowest BCUT2D eigenvalue weighted by Crippen LogP contribution is -2.37. The standard InChI is InChI=1S/C29H31N3O4/c30-29-24(16-31-32-29)26-28(35-19-23-14-8-3-9-15-23)27(34-18-22-12-6-2-7-13-22)25(36-26)20-33-17-21-10-4-1-5-11-21/h1-16,25-28H,17-20H2,(H3,30,31,32)/t25-,26?,27+,28+/m1/s1. The van der Waals surface area contributed by atoms with E-state index in [1.807, 2.05) is 91.0 Å². The Labute approximate surface area is 211 Å². The van der Waals surface area contributed by atoms with Crippen molar-refractivity contribution < 1.29 is 18.9 Å². The van der Waals surface area contributed by atoms with Gasteiger partial charge in [-0.05, 0) is 16.7 Å². The number of H-pyrrole nitrogens is 1. The van der Waals surface area contributed by atoms with Crippen molar-refractivity contribution in [3.8, 4) is 0 Å². The average molecular weight is 486 g/mol. The molecule has 2 heterocycles. The largest absolute Gasteiger partial charge is 0.384 e. The van der Waals surface area contributed by atoms with Gasteiger partial charge in [0, 0.05) is 5.56 Å². The molecule has 4 aromatic rings. The highest BCUT2D eigenvalue weighted by molar-refractivity contribution is 5.40. The summed E-state index contributed by atoms with van der Waals surface area (Å²) in [6.07, 6.45) is 0.125. The molecular formula is C29H31N3O4. The van der Waals surface area contributed by atoms with Gasteiger partial charge >= 0.3 is 0 Å². The molecule has 3 N–H and O–H groups in total. The number of ether oxygens (including phenoxy) is 4. The van der Waals surface area contributed by atoms with Crippen molar-refractivity contribution in [3.63, 3.8) is 0 Å². The Kier molecular flexibility index (Phi) is 8.05. The quantitative estimate of drug-likeness (QED) is 0.317. The van der Waals surface area contributed by atoms with Gasteiger partial charge in [-0.15, -0.1) is 0 Å². The van der Waals surface area contributed by atoms with E-state index < -0.39 is 12.2 Å². The van der Waals surface area contributed by atoms with E-state index in [2.05, 4.69) is 10.2 Å². The number of nitrogens with zero attached hydrogens (tertiary/aromatic N) is 1. The monoisotopic (exact) mass is 485 g/mol. The molecule has 7 nitrogen and oxygen atoms in total. The van der Waals surface area contributed by atoms with E-state index in [4.69, 9.17) is 24.7 Å². The number of aromatic amines is 1. The Morgan fingerprint density at radius 1 is 0.722 bits per heavy atom. The second-order valence-electron chi connectivity index (χ2n) is 8.86. The predicted molar refractivity (Wildman–Crippen MR) is 137 cm³/mol. The van der Waals surface area contributed by atoms with E-state index in [1.165, 1.54) is 0 Å². The lowest BCUT2D eigenvalue weighted by molar-refractivity contribution is -0.0898. The molecule has 1 saturated heterocycles. The van der Waals surface area contributed by atoms with Gasteiger partial charge in [-0.2, -0.15) is 5.10 Å². The predicted octanol–water partition coefficient (Wildman–Crippen LogP) is 4.82. The van der Waals surface area contributed by atoms with Crippen LogP contribution in [-0.4, -0.2) is 35.1 Å². The number of rotatable bonds is 11. The first-order valence-electron chi connectivity index (χ1n) is 12.1. The molecule has 1 aromatic heterocycles. The molecule has 1 fully saturated rings. The number of nitrogens with one attached hydrogen (secondary N) is 1. The van der Waals surface area contributed by atoms with Crippen LogP contribution in [0.15, 0.2) is 97.2 Å². The second kappa shape index (κ2) is 12.0. The normalized spacial score (nSPS) is 21.6. The maximum absolute atomic E-state index is 6.51. The van der Waals surface area contributed by atoms with E-state index in [-0.39, 0.29) is 12.2 Å². The summed E-state index contributed by atoms with van der Waals surface area (Å²) in [6.45, 7) is 1.70. The molecule has 36 heavy (non-hydrogen) atoms. The summed E-state index contributed by atoms with van der Waals surface area (Å²) >= 11 is 0. The van der Waals surface area contributed by atoms with Crippen molar-refractivity contribution in [1.29, 1.82) is 0 Å². The Bertz CT molecular complexity index is 1190. The zero-order valence-electron chi connectivity index (χ0n) is 20.0. The summed E-state index contributed by atoms with van der Waals surface area (Å²) in [7, 11) is 0. The molecule has 0 radical (unpaired) electrons. The van der Waals surface area contributed by atoms with Crippen molar-refractivity contribution >= 4 is 5.82 Å². The zero-order chi connectivity index (χ0) is 24.6. The molecule has 1 unspecified atom stereocenters. The third-order valence-electron chi connectivity index (χ3n) is 6.28. The Morgan fingerprint density at radius 3 is 1.78 bits per heavy atom. The molecule has 3 aromatic carbocycles. The van der Waals surface area contributed by atoms with Gasteiger partial charge in [-0.1, -0.05) is 91.0 Å². The number of anilines is 1. The fourth-order valence-corrected chi connectivity index (χ4v) is 4.43. The molecule has 4 atom stereocenters. The van der Waals surface area contributed by atoms with Crippen LogP contribution in [0.25, 0.3) is 0 Å². The zero-order valence-corrected chi connectivity index (χ0v) is 20.0. The van der Waals surface area contributed by atoms with Gasteiger partial charge in [0.1, 0.15) is 30.2 Å². The van der Waals surface area contributed by atoms with E-state index in [1.54, 1.807) is 6.20 Å². The molecule has 1 aliphatic rings. The highest BCUT2D eigenvalue weighted by Crippen LogP contribution is 2.40. The van der Waals surface area contributed by atoms with Crippen molar-refractivity contribution in [2.75, 3.05) is 12.3 Å². The van der Waals surface area contributed by atoms with Gasteiger partial charge in [0.15, 0.2) is 0 Å². The molecule has 0 aliphatic carbocycles. The topological polar surface area (TPSA) is 91.6 Å². The van der Waals surface area contributed by atoms with Crippen molar-refractivity contribution in [3.05, 3.63) is 119 Å². The van der Waals surface area contributed by atoms with E-state index in [0.29, 0.717) is 32.2 Å². The highest BCUT2D eigenvalue weighted by Gasteiger charge is 2.48. The molecule has 1 aliphatic heterocycles. The third kappa shape index (κ3) is 6.01. The van der Waals surface area contributed by atoms with Crippen LogP contribution in [0.5, 0.6) is 0 Å². The van der Waals surface area contributed by atoms with Crippen LogP contribution in [0, 0.1) is 0 Å². The summed E-state index contributed by atoms with van der Waals surface area (Å²) in [4.78, 5) is 0. The van der Waals surface area contributed by atoms with Crippen LogP contribution in [0.2, 0.25) is 0 Å². The molecule has 0 spiro atoms. The van der Waals surface area contributed by atoms with Gasteiger partial charge in [0.05, 0.1) is 32.6 Å². The number of hydrogen-bond donors (Lipinski definition) is 2. The minimum Gasteiger partial charge on any atom is -0.384 e. The SMILES string of the molecule is Nc1[nH]ncc1C1O[C@H](COCc2ccccc2)[C@H](OCc2ccccc2)[C@H]1OCc1ccccc1. The number of aromatic nitrogens is 2. The number of nitrogen functional groups attached to an aromatic ring is 1. The maximum Gasteiger partial charge on any atom is 0.124 e. The van der Waals surface area contributed by atoms with Gasteiger partial charge in [-0.25, -0.2) is 0 Å². The molecule has 0 bridgehead atoms. The summed E-state index contributed by atoms with van der Waals surface area (Å²) in [5.41, 5.74) is 10.2. The second-order valence-corrected chi connectivity index (χ2v) is 8.86. The Hall–Kier alpha value is -3.49. The van der Waals surface area contributed by atoms with Crippen LogP contribution in [0.1, 0.15) is 28.4 Å². The number of benzene rings is 3. The first-order chi connectivity index (χ1) is 17.8. The third-order valence-corrected chi connectivity index (χ3v) is 6.28. The number of hydrogen-bond acceptors (Lipinski definition) is 6. The Morgan fingerprint density at radius 2 is 1.25 bits per heavy atom. The van der Waals surface area contributed by atoms with Crippen molar-refractivity contribution in [2.45, 2.75) is 44.2 Å². The van der Waals surface area contributed by atoms with E-state index >= 15 is 0 Å². The van der Waals surface area contributed by atoms with E-state index in [0.717, 1.165) is 22.3 Å². The average Bonchev–Trinajstić information content (AvgIpc) is 3.50. The van der Waals surface area contributed by atoms with Gasteiger partial charge < -0.3 is 24.7 Å². The summed E-state index contributed by atoms with van der Waals surface area (Å²) in [5.74, 6) is 0.459. The summed E-state index contributed by atoms with van der Waals surface area (Å²) < 4.78 is 25.5. The lowest BCUT2D eigenvalue weighted by atomic mass is 10.0. The summed E-state index contributed by atoms with van der Waals surface area (Å²) in [5, 5.41) is 6.92. The van der Waals surface area contributed by atoms with E-state index in [9.17, 15) is 0 Å². The van der Waals surface area contributed by atoms with Crippen molar-refractivity contribution in [1.82, 2.24) is 10.2 Å². The van der Waals surface area contributed by atoms with Gasteiger partial charge in [0.25, 0.3) is 0 Å². The van der Waals surface area contributed by atoms with Gasteiger partial charge in [0.2, 0.25) is 0 Å². The molecular weight excluding hydrogens is 454 g/mol. The first kappa shape index (κ1) is 24.2. The van der Waals surface area contributed by atoms with Crippen molar-refractivity contribution in [2.24, 2.45) is 0 Å². The lowest BCUT2D eigenvalue weighted by Gasteiger charge is -2.25. The first-order valence-corrected chi connectivity index (χ1v) is 12.1. The van der Waals surface area contributed by atoms with Crippen LogP contribution in [0.3, 0.4) is 0 Å². The smallest absolute Gasteiger partial charge is 0.124 e. The fourth-order valence-electron chi connectivity index (χ4n) is 4.43. The maximum atomic E-state index is 6.51. The molecule has 186 valence electrons.